The molecule has 3 N–H and O–H groups in total. The molecular formula is C18H26N2O6. The van der Waals surface area contributed by atoms with Gasteiger partial charge in [0.15, 0.2) is 11.5 Å². The Morgan fingerprint density at radius 2 is 1.73 bits per heavy atom. The largest absolute Gasteiger partial charge is 0.493 e. The molecule has 0 heterocycles. The quantitative estimate of drug-likeness (QED) is 0.642. The summed E-state index contributed by atoms with van der Waals surface area (Å²) in [5.41, 5.74) is -0.0649. The van der Waals surface area contributed by atoms with Gasteiger partial charge in [-0.3, -0.25) is 14.4 Å². The van der Waals surface area contributed by atoms with Crippen LogP contribution >= 0.6 is 0 Å². The van der Waals surface area contributed by atoms with E-state index in [1.165, 1.54) is 14.2 Å². The standard InChI is InChI=1S/C18H26N2O6/c1-18(2,3)17(24)19-10-15(21)20-12(9-16(22)23)11-6-7-13(25-4)14(8-11)26-5/h6-8,12H,9-10H2,1-5H3,(H,19,24)(H,20,21)(H,22,23). The lowest BCUT2D eigenvalue weighted by molar-refractivity contribution is -0.138. The first-order valence-electron chi connectivity index (χ1n) is 8.10. The van der Waals surface area contributed by atoms with Gasteiger partial charge >= 0.3 is 5.97 Å². The molecule has 0 aromatic heterocycles. The predicted octanol–water partition coefficient (Wildman–Crippen LogP) is 1.50. The minimum atomic E-state index is -1.07. The third kappa shape index (κ3) is 6.27. The van der Waals surface area contributed by atoms with E-state index in [-0.39, 0.29) is 18.9 Å². The van der Waals surface area contributed by atoms with Crippen LogP contribution in [-0.2, 0) is 14.4 Å². The highest BCUT2D eigenvalue weighted by atomic mass is 16.5. The first kappa shape index (κ1) is 21.3. The second-order valence-corrected chi connectivity index (χ2v) is 6.77. The van der Waals surface area contributed by atoms with Gasteiger partial charge in [-0.1, -0.05) is 26.8 Å². The summed E-state index contributed by atoms with van der Waals surface area (Å²) in [7, 11) is 2.96. The molecule has 0 aliphatic rings. The van der Waals surface area contributed by atoms with Gasteiger partial charge in [0.05, 0.1) is 33.2 Å². The van der Waals surface area contributed by atoms with Crippen molar-refractivity contribution in [1.29, 1.82) is 0 Å². The lowest BCUT2D eigenvalue weighted by Gasteiger charge is -2.21. The van der Waals surface area contributed by atoms with Crippen LogP contribution in [0.25, 0.3) is 0 Å². The zero-order chi connectivity index (χ0) is 19.9. The van der Waals surface area contributed by atoms with E-state index >= 15 is 0 Å². The molecule has 0 spiro atoms. The molecule has 0 radical (unpaired) electrons. The van der Waals surface area contributed by atoms with Crippen LogP contribution in [0.5, 0.6) is 11.5 Å². The van der Waals surface area contributed by atoms with Gasteiger partial charge in [-0.05, 0) is 17.7 Å². The highest BCUT2D eigenvalue weighted by Crippen LogP contribution is 2.30. The highest BCUT2D eigenvalue weighted by Gasteiger charge is 2.23. The van der Waals surface area contributed by atoms with Crippen LogP contribution in [0.15, 0.2) is 18.2 Å². The molecule has 0 fully saturated rings. The molecule has 0 aliphatic carbocycles. The van der Waals surface area contributed by atoms with E-state index < -0.39 is 23.3 Å². The Labute approximate surface area is 152 Å². The topological polar surface area (TPSA) is 114 Å². The fraction of sp³-hybridized carbons (Fsp3) is 0.500. The van der Waals surface area contributed by atoms with Crippen LogP contribution < -0.4 is 20.1 Å². The summed E-state index contributed by atoms with van der Waals surface area (Å²) in [4.78, 5) is 35.1. The Kier molecular flexibility index (Phi) is 7.42. The van der Waals surface area contributed by atoms with Crippen LogP contribution in [0, 0.1) is 5.41 Å². The summed E-state index contributed by atoms with van der Waals surface area (Å²) < 4.78 is 10.4. The molecule has 1 unspecified atom stereocenters. The fourth-order valence-electron chi connectivity index (χ4n) is 2.17. The number of carboxylic acid groups (broad SMARTS) is 1. The van der Waals surface area contributed by atoms with Gasteiger partial charge in [0.1, 0.15) is 0 Å². The summed E-state index contributed by atoms with van der Waals surface area (Å²) in [6.45, 7) is 4.96. The zero-order valence-corrected chi connectivity index (χ0v) is 15.7. The van der Waals surface area contributed by atoms with E-state index in [1.54, 1.807) is 39.0 Å². The number of ether oxygens (including phenoxy) is 2. The summed E-state index contributed by atoms with van der Waals surface area (Å²) in [5.74, 6) is -0.897. The molecule has 0 bridgehead atoms. The monoisotopic (exact) mass is 366 g/mol. The SMILES string of the molecule is COc1ccc(C(CC(=O)O)NC(=O)CNC(=O)C(C)(C)C)cc1OC. The lowest BCUT2D eigenvalue weighted by Crippen LogP contribution is -2.42. The van der Waals surface area contributed by atoms with E-state index in [0.29, 0.717) is 17.1 Å². The Balaban J connectivity index is 2.89. The van der Waals surface area contributed by atoms with Crippen molar-refractivity contribution in [2.75, 3.05) is 20.8 Å². The number of nitrogens with one attached hydrogen (secondary N) is 2. The molecule has 1 aromatic rings. The van der Waals surface area contributed by atoms with Crippen molar-refractivity contribution < 1.29 is 29.0 Å². The Bertz CT molecular complexity index is 666. The van der Waals surface area contributed by atoms with Gasteiger partial charge in [0.2, 0.25) is 11.8 Å². The fourth-order valence-corrected chi connectivity index (χ4v) is 2.17. The van der Waals surface area contributed by atoms with Crippen molar-refractivity contribution in [3.8, 4) is 11.5 Å². The minimum absolute atomic E-state index is 0.237. The number of amides is 2. The molecule has 26 heavy (non-hydrogen) atoms. The Morgan fingerprint density at radius 1 is 1.12 bits per heavy atom. The summed E-state index contributed by atoms with van der Waals surface area (Å²) in [5, 5.41) is 14.3. The molecule has 0 saturated carbocycles. The highest BCUT2D eigenvalue weighted by molar-refractivity contribution is 5.87. The number of carbonyl (C=O) groups excluding carboxylic acids is 2. The maximum atomic E-state index is 12.1. The molecule has 1 atom stereocenters. The first-order chi connectivity index (χ1) is 12.1. The second kappa shape index (κ2) is 9.07. The van der Waals surface area contributed by atoms with Crippen LogP contribution in [0.1, 0.15) is 38.8 Å². The number of hydrogen-bond donors (Lipinski definition) is 3. The number of hydrogen-bond acceptors (Lipinski definition) is 5. The van der Waals surface area contributed by atoms with Gasteiger partial charge in [-0.2, -0.15) is 0 Å². The summed E-state index contributed by atoms with van der Waals surface area (Å²) in [6.07, 6.45) is -0.311. The molecule has 1 rings (SSSR count). The second-order valence-electron chi connectivity index (χ2n) is 6.77. The molecule has 1 aromatic carbocycles. The number of benzene rings is 1. The van der Waals surface area contributed by atoms with Crippen LogP contribution in [0.2, 0.25) is 0 Å². The molecule has 8 heteroatoms. The van der Waals surface area contributed by atoms with E-state index in [1.807, 2.05) is 0 Å². The average molecular weight is 366 g/mol. The van der Waals surface area contributed by atoms with Gasteiger partial charge < -0.3 is 25.2 Å². The van der Waals surface area contributed by atoms with Crippen LogP contribution in [0.3, 0.4) is 0 Å². The van der Waals surface area contributed by atoms with E-state index in [0.717, 1.165) is 0 Å². The van der Waals surface area contributed by atoms with Crippen molar-refractivity contribution in [1.82, 2.24) is 10.6 Å². The normalized spacial score (nSPS) is 12.0. The first-order valence-corrected chi connectivity index (χ1v) is 8.10. The Hall–Kier alpha value is -2.77. The maximum Gasteiger partial charge on any atom is 0.305 e. The lowest BCUT2D eigenvalue weighted by atomic mass is 9.96. The van der Waals surface area contributed by atoms with Gasteiger partial charge in [-0.25, -0.2) is 0 Å². The van der Waals surface area contributed by atoms with Crippen LogP contribution in [0.4, 0.5) is 0 Å². The number of methoxy groups -OCH3 is 2. The molecule has 0 saturated heterocycles. The van der Waals surface area contributed by atoms with Gasteiger partial charge in [0.25, 0.3) is 0 Å². The smallest absolute Gasteiger partial charge is 0.305 e. The predicted molar refractivity (Wildman–Crippen MR) is 95.1 cm³/mol. The van der Waals surface area contributed by atoms with E-state index in [4.69, 9.17) is 14.6 Å². The van der Waals surface area contributed by atoms with Crippen molar-refractivity contribution in [3.05, 3.63) is 23.8 Å². The number of aliphatic carboxylic acids is 1. The third-order valence-corrected chi connectivity index (χ3v) is 3.61. The molecule has 2 amide bonds. The minimum Gasteiger partial charge on any atom is -0.493 e. The maximum absolute atomic E-state index is 12.1. The summed E-state index contributed by atoms with van der Waals surface area (Å²) >= 11 is 0. The Morgan fingerprint density at radius 3 is 2.23 bits per heavy atom. The molecule has 8 nitrogen and oxygen atoms in total. The van der Waals surface area contributed by atoms with Gasteiger partial charge in [0, 0.05) is 5.41 Å². The van der Waals surface area contributed by atoms with Crippen molar-refractivity contribution >= 4 is 17.8 Å². The number of carbonyl (C=O) groups is 3. The third-order valence-electron chi connectivity index (χ3n) is 3.61. The van der Waals surface area contributed by atoms with Crippen molar-refractivity contribution in [2.24, 2.45) is 5.41 Å². The number of rotatable bonds is 8. The van der Waals surface area contributed by atoms with Crippen LogP contribution in [-0.4, -0.2) is 43.7 Å². The van der Waals surface area contributed by atoms with Gasteiger partial charge in [-0.15, -0.1) is 0 Å². The zero-order valence-electron chi connectivity index (χ0n) is 15.7. The molecular weight excluding hydrogens is 340 g/mol. The van der Waals surface area contributed by atoms with E-state index in [9.17, 15) is 14.4 Å². The summed E-state index contributed by atoms with van der Waals surface area (Å²) in [6, 6.07) is 4.13. The number of carboxylic acids is 1. The molecule has 144 valence electrons. The average Bonchev–Trinajstić information content (AvgIpc) is 2.57. The van der Waals surface area contributed by atoms with E-state index in [2.05, 4.69) is 10.6 Å². The molecule has 0 aliphatic heterocycles. The van der Waals surface area contributed by atoms with Crippen molar-refractivity contribution in [3.63, 3.8) is 0 Å². The van der Waals surface area contributed by atoms with Crippen molar-refractivity contribution in [2.45, 2.75) is 33.2 Å².